The molecule has 4 heteroatoms. The van der Waals surface area contributed by atoms with Crippen LogP contribution in [0.25, 0.3) is 11.3 Å². The highest BCUT2D eigenvalue weighted by Gasteiger charge is 2.24. The summed E-state index contributed by atoms with van der Waals surface area (Å²) in [6.07, 6.45) is 1.81. The highest BCUT2D eigenvalue weighted by molar-refractivity contribution is 6.02. The summed E-state index contributed by atoms with van der Waals surface area (Å²) in [6.45, 7) is 2.78. The van der Waals surface area contributed by atoms with Gasteiger partial charge in [-0.15, -0.1) is 4.70 Å². The predicted octanol–water partition coefficient (Wildman–Crippen LogP) is 4.57. The summed E-state index contributed by atoms with van der Waals surface area (Å²) >= 11 is 0. The lowest BCUT2D eigenvalue weighted by molar-refractivity contribution is -0.492. The lowest BCUT2D eigenvalue weighted by Crippen LogP contribution is -2.12. The highest BCUT2D eigenvalue weighted by atomic mass is 15.5. The van der Waals surface area contributed by atoms with Gasteiger partial charge in [0.05, 0.1) is 10.8 Å². The molecule has 0 fully saturated rings. The molecule has 1 aromatic heterocycles. The van der Waals surface area contributed by atoms with Gasteiger partial charge < -0.3 is 0 Å². The molecule has 3 aromatic rings. The Morgan fingerprint density at radius 1 is 0.917 bits per heavy atom. The zero-order valence-electron chi connectivity index (χ0n) is 13.4. The minimum atomic E-state index is 0.677. The van der Waals surface area contributed by atoms with Gasteiger partial charge in [0.15, 0.2) is 12.2 Å². The summed E-state index contributed by atoms with van der Waals surface area (Å²) in [5, 5.41) is 8.72. The van der Waals surface area contributed by atoms with Gasteiger partial charge in [-0.25, -0.2) is 0 Å². The number of benzene rings is 2. The van der Waals surface area contributed by atoms with E-state index in [1.54, 1.807) is 0 Å². The molecule has 2 aromatic carbocycles. The van der Waals surface area contributed by atoms with E-state index >= 15 is 0 Å². The molecular weight excluding hydrogens is 296 g/mol. The van der Waals surface area contributed by atoms with Crippen LogP contribution in [0.1, 0.15) is 11.1 Å². The Balaban J connectivity index is 1.60. The summed E-state index contributed by atoms with van der Waals surface area (Å²) in [6, 6.07) is 22.4. The van der Waals surface area contributed by atoms with Crippen LogP contribution in [-0.2, 0) is 0 Å². The SMILES string of the molecule is Cc1ccccc1C1=NN=[N+](c2cccc(-c3ccccn3)c2)C1. The molecule has 1 aliphatic rings. The van der Waals surface area contributed by atoms with E-state index in [1.165, 1.54) is 5.56 Å². The summed E-state index contributed by atoms with van der Waals surface area (Å²) in [4.78, 5) is 4.41. The van der Waals surface area contributed by atoms with Crippen molar-refractivity contribution in [2.24, 2.45) is 10.3 Å². The molecule has 2 heterocycles. The number of hydrogen-bond donors (Lipinski definition) is 0. The molecule has 0 atom stereocenters. The van der Waals surface area contributed by atoms with Gasteiger partial charge in [-0.1, -0.05) is 42.5 Å². The molecule has 0 saturated carbocycles. The van der Waals surface area contributed by atoms with Crippen molar-refractivity contribution in [3.8, 4) is 11.3 Å². The lowest BCUT2D eigenvalue weighted by Gasteiger charge is -2.04. The number of hydrogen-bond acceptors (Lipinski definition) is 3. The number of aromatic nitrogens is 1. The van der Waals surface area contributed by atoms with Crippen LogP contribution in [-0.4, -0.2) is 21.9 Å². The van der Waals surface area contributed by atoms with Crippen molar-refractivity contribution in [1.29, 1.82) is 0 Å². The van der Waals surface area contributed by atoms with Gasteiger partial charge in [0.1, 0.15) is 5.22 Å². The molecule has 116 valence electrons. The van der Waals surface area contributed by atoms with Crippen LogP contribution < -0.4 is 0 Å². The topological polar surface area (TPSA) is 40.6 Å². The van der Waals surface area contributed by atoms with Crippen molar-refractivity contribution < 1.29 is 4.70 Å². The molecule has 0 saturated heterocycles. The lowest BCUT2D eigenvalue weighted by atomic mass is 10.0. The number of pyridine rings is 1. The Labute approximate surface area is 140 Å². The highest BCUT2D eigenvalue weighted by Crippen LogP contribution is 2.24. The van der Waals surface area contributed by atoms with Crippen LogP contribution >= 0.6 is 0 Å². The second-order valence-corrected chi connectivity index (χ2v) is 5.77. The fraction of sp³-hybridized carbons (Fsp3) is 0.100. The third kappa shape index (κ3) is 2.74. The van der Waals surface area contributed by atoms with E-state index in [0.717, 1.165) is 28.2 Å². The first-order chi connectivity index (χ1) is 11.8. The van der Waals surface area contributed by atoms with Crippen molar-refractivity contribution in [3.63, 3.8) is 0 Å². The Morgan fingerprint density at radius 3 is 2.62 bits per heavy atom. The van der Waals surface area contributed by atoms with E-state index in [0.29, 0.717) is 6.54 Å². The van der Waals surface area contributed by atoms with Crippen LogP contribution in [0.5, 0.6) is 0 Å². The van der Waals surface area contributed by atoms with Crippen molar-refractivity contribution in [2.45, 2.75) is 6.92 Å². The number of rotatable bonds is 3. The van der Waals surface area contributed by atoms with Gasteiger partial charge in [0.2, 0.25) is 5.71 Å². The smallest absolute Gasteiger partial charge is 0.231 e. The first-order valence-electron chi connectivity index (χ1n) is 7.94. The first kappa shape index (κ1) is 14.5. The monoisotopic (exact) mass is 313 g/mol. The predicted molar refractivity (Wildman–Crippen MR) is 94.6 cm³/mol. The third-order valence-electron chi connectivity index (χ3n) is 4.13. The first-order valence-corrected chi connectivity index (χ1v) is 7.94. The molecule has 0 radical (unpaired) electrons. The Bertz CT molecular complexity index is 943. The average molecular weight is 313 g/mol. The molecule has 0 amide bonds. The maximum Gasteiger partial charge on any atom is 0.231 e. The summed E-state index contributed by atoms with van der Waals surface area (Å²) in [5.41, 5.74) is 6.42. The molecule has 0 N–H and O–H groups in total. The molecule has 0 spiro atoms. The Kier molecular flexibility index (Phi) is 3.71. The van der Waals surface area contributed by atoms with Crippen molar-refractivity contribution >= 4 is 11.4 Å². The zero-order valence-corrected chi connectivity index (χ0v) is 13.4. The maximum absolute atomic E-state index is 4.41. The molecule has 24 heavy (non-hydrogen) atoms. The fourth-order valence-corrected chi connectivity index (χ4v) is 2.85. The van der Waals surface area contributed by atoms with E-state index in [9.17, 15) is 0 Å². The van der Waals surface area contributed by atoms with Crippen LogP contribution in [0, 0.1) is 6.92 Å². The number of aryl methyl sites for hydroxylation is 1. The van der Waals surface area contributed by atoms with Gasteiger partial charge in [0.25, 0.3) is 0 Å². The quantitative estimate of drug-likeness (QED) is 0.653. The van der Waals surface area contributed by atoms with Crippen LogP contribution in [0.2, 0.25) is 0 Å². The molecule has 0 bridgehead atoms. The van der Waals surface area contributed by atoms with E-state index in [-0.39, 0.29) is 0 Å². The molecule has 1 aliphatic heterocycles. The second-order valence-electron chi connectivity index (χ2n) is 5.77. The van der Waals surface area contributed by atoms with E-state index in [4.69, 9.17) is 0 Å². The van der Waals surface area contributed by atoms with Crippen LogP contribution in [0.15, 0.2) is 83.3 Å². The van der Waals surface area contributed by atoms with Crippen molar-refractivity contribution in [3.05, 3.63) is 84.1 Å². The Hall–Kier alpha value is -3.14. The van der Waals surface area contributed by atoms with Gasteiger partial charge in [0, 0.05) is 17.3 Å². The largest absolute Gasteiger partial charge is 0.256 e. The minimum absolute atomic E-state index is 0.677. The minimum Gasteiger partial charge on any atom is -0.256 e. The molecule has 0 aliphatic carbocycles. The zero-order chi connectivity index (χ0) is 16.4. The van der Waals surface area contributed by atoms with Crippen molar-refractivity contribution in [1.82, 2.24) is 4.98 Å². The summed E-state index contributed by atoms with van der Waals surface area (Å²) in [7, 11) is 0. The van der Waals surface area contributed by atoms with Crippen LogP contribution in [0.3, 0.4) is 0 Å². The van der Waals surface area contributed by atoms with E-state index < -0.39 is 0 Å². The summed E-state index contributed by atoms with van der Waals surface area (Å²) in [5.74, 6) is 0. The standard InChI is InChI=1S/C20H17N4/c1-15-7-2-3-10-18(15)20-14-24(23-22-20)17-9-6-8-16(13-17)19-11-4-5-12-21-19/h2-13H,14H2,1H3/q+1. The Morgan fingerprint density at radius 2 is 1.79 bits per heavy atom. The van der Waals surface area contributed by atoms with Crippen molar-refractivity contribution in [2.75, 3.05) is 6.54 Å². The summed E-state index contributed by atoms with van der Waals surface area (Å²) < 4.78 is 1.92. The van der Waals surface area contributed by atoms with Gasteiger partial charge in [-0.3, -0.25) is 4.98 Å². The van der Waals surface area contributed by atoms with Gasteiger partial charge >= 0.3 is 0 Å². The second kappa shape index (κ2) is 6.16. The molecular formula is C20H17N4+. The van der Waals surface area contributed by atoms with E-state index in [2.05, 4.69) is 46.5 Å². The van der Waals surface area contributed by atoms with Gasteiger partial charge in [-0.2, -0.15) is 0 Å². The van der Waals surface area contributed by atoms with Crippen LogP contribution in [0.4, 0.5) is 5.69 Å². The molecule has 0 unspecified atom stereocenters. The maximum atomic E-state index is 4.41. The normalized spacial score (nSPS) is 13.5. The third-order valence-corrected chi connectivity index (χ3v) is 4.13. The average Bonchev–Trinajstić information content (AvgIpc) is 3.13. The van der Waals surface area contributed by atoms with Gasteiger partial charge in [-0.05, 0) is 36.8 Å². The molecule has 4 rings (SSSR count). The number of nitrogens with zero attached hydrogens (tertiary/aromatic N) is 4. The fourth-order valence-electron chi connectivity index (χ4n) is 2.85. The molecule has 4 nitrogen and oxygen atoms in total. The van der Waals surface area contributed by atoms with E-state index in [1.807, 2.05) is 53.4 Å².